The lowest BCUT2D eigenvalue weighted by Gasteiger charge is -2.24. The van der Waals surface area contributed by atoms with Gasteiger partial charge in [0.25, 0.3) is 0 Å². The quantitative estimate of drug-likeness (QED) is 0.838. The van der Waals surface area contributed by atoms with Gasteiger partial charge in [-0.05, 0) is 48.0 Å². The maximum Gasteiger partial charge on any atom is 0.224 e. The van der Waals surface area contributed by atoms with Crippen molar-refractivity contribution in [3.05, 3.63) is 10.7 Å². The monoisotopic (exact) mass is 312 g/mol. The van der Waals surface area contributed by atoms with Crippen LogP contribution in [0.15, 0.2) is 10.7 Å². The number of nitrogens with zero attached hydrogens (tertiary/aromatic N) is 3. The molecule has 0 unspecified atom stereocenters. The van der Waals surface area contributed by atoms with Gasteiger partial charge in [-0.15, -0.1) is 0 Å². The second kappa shape index (κ2) is 6.36. The highest BCUT2D eigenvalue weighted by atomic mass is 79.9. The molecule has 1 aliphatic rings. The van der Waals surface area contributed by atoms with Gasteiger partial charge in [0.15, 0.2) is 0 Å². The molecule has 0 aliphatic heterocycles. The Bertz CT molecular complexity index is 393. The minimum atomic E-state index is 0.715. The molecule has 5 heteroatoms. The van der Waals surface area contributed by atoms with Crippen LogP contribution in [0.1, 0.15) is 33.1 Å². The van der Waals surface area contributed by atoms with Gasteiger partial charge in [-0.2, -0.15) is 4.98 Å². The SMILES string of the molecule is CCCN(CC1CC1)c1nc(NCC)ncc1Br. The molecule has 1 aromatic rings. The second-order valence-corrected chi connectivity index (χ2v) is 5.64. The molecule has 0 saturated heterocycles. The zero-order valence-electron chi connectivity index (χ0n) is 11.1. The molecular weight excluding hydrogens is 292 g/mol. The average Bonchev–Trinajstić information content (AvgIpc) is 3.15. The van der Waals surface area contributed by atoms with E-state index in [0.29, 0.717) is 5.95 Å². The molecule has 0 bridgehead atoms. The topological polar surface area (TPSA) is 41.1 Å². The third-order valence-corrected chi connectivity index (χ3v) is 3.59. The van der Waals surface area contributed by atoms with Gasteiger partial charge >= 0.3 is 0 Å². The molecule has 0 radical (unpaired) electrons. The Hall–Kier alpha value is -0.840. The van der Waals surface area contributed by atoms with E-state index in [1.807, 2.05) is 6.20 Å². The summed E-state index contributed by atoms with van der Waals surface area (Å²) in [5, 5.41) is 3.17. The molecule has 4 nitrogen and oxygen atoms in total. The Labute approximate surface area is 117 Å². The van der Waals surface area contributed by atoms with Gasteiger partial charge in [0.1, 0.15) is 5.82 Å². The minimum absolute atomic E-state index is 0.715. The number of hydrogen-bond donors (Lipinski definition) is 1. The van der Waals surface area contributed by atoms with Crippen LogP contribution in [-0.2, 0) is 0 Å². The molecule has 0 spiro atoms. The Balaban J connectivity index is 2.17. The van der Waals surface area contributed by atoms with E-state index in [1.54, 1.807) is 0 Å². The van der Waals surface area contributed by atoms with Crippen molar-refractivity contribution in [1.82, 2.24) is 9.97 Å². The second-order valence-electron chi connectivity index (χ2n) is 4.78. The maximum atomic E-state index is 4.62. The predicted octanol–water partition coefficient (Wildman–Crippen LogP) is 3.30. The average molecular weight is 313 g/mol. The van der Waals surface area contributed by atoms with E-state index in [1.165, 1.54) is 12.8 Å². The molecule has 1 saturated carbocycles. The molecule has 18 heavy (non-hydrogen) atoms. The van der Waals surface area contributed by atoms with Crippen LogP contribution in [0.4, 0.5) is 11.8 Å². The van der Waals surface area contributed by atoms with Crippen molar-refractivity contribution in [2.24, 2.45) is 5.92 Å². The Morgan fingerprint density at radius 1 is 1.44 bits per heavy atom. The molecular formula is C13H21BrN4. The zero-order chi connectivity index (χ0) is 13.0. The van der Waals surface area contributed by atoms with E-state index in [2.05, 4.69) is 50.0 Å². The van der Waals surface area contributed by atoms with Crippen LogP contribution in [0.3, 0.4) is 0 Å². The van der Waals surface area contributed by atoms with Gasteiger partial charge in [-0.1, -0.05) is 6.92 Å². The summed E-state index contributed by atoms with van der Waals surface area (Å²) in [7, 11) is 0. The van der Waals surface area contributed by atoms with Crippen LogP contribution >= 0.6 is 15.9 Å². The fraction of sp³-hybridized carbons (Fsp3) is 0.692. The number of hydrogen-bond acceptors (Lipinski definition) is 4. The summed E-state index contributed by atoms with van der Waals surface area (Å²) in [6, 6.07) is 0. The smallest absolute Gasteiger partial charge is 0.224 e. The van der Waals surface area contributed by atoms with Crippen molar-refractivity contribution in [3.8, 4) is 0 Å². The largest absolute Gasteiger partial charge is 0.355 e. The highest BCUT2D eigenvalue weighted by Gasteiger charge is 2.25. The highest BCUT2D eigenvalue weighted by molar-refractivity contribution is 9.10. The maximum absolute atomic E-state index is 4.62. The van der Waals surface area contributed by atoms with E-state index in [0.717, 1.165) is 42.3 Å². The Morgan fingerprint density at radius 2 is 2.22 bits per heavy atom. The molecule has 1 aliphatic carbocycles. The zero-order valence-corrected chi connectivity index (χ0v) is 12.7. The summed E-state index contributed by atoms with van der Waals surface area (Å²) < 4.78 is 0.984. The van der Waals surface area contributed by atoms with E-state index in [4.69, 9.17) is 0 Å². The van der Waals surface area contributed by atoms with Crippen LogP contribution in [0.2, 0.25) is 0 Å². The first-order valence-electron chi connectivity index (χ1n) is 6.76. The number of rotatable bonds is 7. The molecule has 2 rings (SSSR count). The first-order valence-corrected chi connectivity index (χ1v) is 7.55. The Morgan fingerprint density at radius 3 is 2.83 bits per heavy atom. The molecule has 1 heterocycles. The van der Waals surface area contributed by atoms with Crippen molar-refractivity contribution in [3.63, 3.8) is 0 Å². The minimum Gasteiger partial charge on any atom is -0.355 e. The van der Waals surface area contributed by atoms with Crippen LogP contribution in [0.25, 0.3) is 0 Å². The summed E-state index contributed by atoms with van der Waals surface area (Å²) >= 11 is 3.57. The number of anilines is 2. The number of aromatic nitrogens is 2. The van der Waals surface area contributed by atoms with E-state index < -0.39 is 0 Å². The normalized spacial score (nSPS) is 14.6. The third-order valence-electron chi connectivity index (χ3n) is 3.03. The molecule has 1 aromatic heterocycles. The van der Waals surface area contributed by atoms with E-state index in [-0.39, 0.29) is 0 Å². The molecule has 100 valence electrons. The van der Waals surface area contributed by atoms with Gasteiger partial charge in [-0.25, -0.2) is 4.98 Å². The summed E-state index contributed by atoms with van der Waals surface area (Å²) in [6.07, 6.45) is 5.71. The first kappa shape index (κ1) is 13.6. The molecule has 0 atom stereocenters. The van der Waals surface area contributed by atoms with Crippen LogP contribution in [0, 0.1) is 5.92 Å². The third kappa shape index (κ3) is 3.57. The van der Waals surface area contributed by atoms with Crippen molar-refractivity contribution in [1.29, 1.82) is 0 Å². The first-order chi connectivity index (χ1) is 8.74. The standard InChI is InChI=1S/C13H21BrN4/c1-3-7-18(9-10-5-6-10)12-11(14)8-16-13(17-12)15-4-2/h8,10H,3-7,9H2,1-2H3,(H,15,16,17). The summed E-state index contributed by atoms with van der Waals surface area (Å²) in [5.74, 6) is 2.60. The van der Waals surface area contributed by atoms with Crippen molar-refractivity contribution >= 4 is 27.7 Å². The summed E-state index contributed by atoms with van der Waals surface area (Å²) in [4.78, 5) is 11.3. The predicted molar refractivity (Wildman–Crippen MR) is 79.1 cm³/mol. The lowest BCUT2D eigenvalue weighted by Crippen LogP contribution is -2.28. The highest BCUT2D eigenvalue weighted by Crippen LogP contribution is 2.33. The lowest BCUT2D eigenvalue weighted by atomic mass is 10.3. The van der Waals surface area contributed by atoms with Crippen LogP contribution in [-0.4, -0.2) is 29.6 Å². The van der Waals surface area contributed by atoms with Crippen LogP contribution < -0.4 is 10.2 Å². The van der Waals surface area contributed by atoms with Crippen molar-refractivity contribution < 1.29 is 0 Å². The molecule has 1 N–H and O–H groups in total. The lowest BCUT2D eigenvalue weighted by molar-refractivity contribution is 0.696. The van der Waals surface area contributed by atoms with E-state index >= 15 is 0 Å². The molecule has 1 fully saturated rings. The van der Waals surface area contributed by atoms with Crippen molar-refractivity contribution in [2.45, 2.75) is 33.1 Å². The molecule has 0 amide bonds. The summed E-state index contributed by atoms with van der Waals surface area (Å²) in [5.41, 5.74) is 0. The van der Waals surface area contributed by atoms with Crippen LogP contribution in [0.5, 0.6) is 0 Å². The summed E-state index contributed by atoms with van der Waals surface area (Å²) in [6.45, 7) is 7.28. The van der Waals surface area contributed by atoms with Gasteiger partial charge in [-0.3, -0.25) is 0 Å². The van der Waals surface area contributed by atoms with Crippen molar-refractivity contribution in [2.75, 3.05) is 29.9 Å². The van der Waals surface area contributed by atoms with Gasteiger partial charge in [0.05, 0.1) is 4.47 Å². The molecule has 0 aromatic carbocycles. The Kier molecular flexibility index (Phi) is 4.80. The van der Waals surface area contributed by atoms with E-state index in [9.17, 15) is 0 Å². The fourth-order valence-electron chi connectivity index (χ4n) is 1.99. The number of halogens is 1. The number of nitrogens with one attached hydrogen (secondary N) is 1. The van der Waals surface area contributed by atoms with Gasteiger partial charge < -0.3 is 10.2 Å². The van der Waals surface area contributed by atoms with Gasteiger partial charge in [0, 0.05) is 25.8 Å². The van der Waals surface area contributed by atoms with Gasteiger partial charge in [0.2, 0.25) is 5.95 Å². The fourth-order valence-corrected chi connectivity index (χ4v) is 2.43.